The van der Waals surface area contributed by atoms with Gasteiger partial charge < -0.3 is 5.32 Å². The number of rotatable bonds is 2. The third-order valence-corrected chi connectivity index (χ3v) is 3.31. The first-order chi connectivity index (χ1) is 8.65. The smallest absolute Gasteiger partial charge is 0.231 e. The molecule has 1 saturated carbocycles. The van der Waals surface area contributed by atoms with Crippen LogP contribution in [0.3, 0.4) is 0 Å². The van der Waals surface area contributed by atoms with E-state index in [0.29, 0.717) is 17.2 Å². The summed E-state index contributed by atoms with van der Waals surface area (Å²) in [7, 11) is 0. The molecule has 1 aliphatic heterocycles. The molecule has 0 bridgehead atoms. The summed E-state index contributed by atoms with van der Waals surface area (Å²) in [6, 6.07) is 1.93. The Labute approximate surface area is 104 Å². The van der Waals surface area contributed by atoms with Crippen LogP contribution in [0.2, 0.25) is 0 Å². The van der Waals surface area contributed by atoms with Gasteiger partial charge in [0.1, 0.15) is 0 Å². The fourth-order valence-corrected chi connectivity index (χ4v) is 2.15. The summed E-state index contributed by atoms with van der Waals surface area (Å²) in [4.78, 5) is 22.9. The highest BCUT2D eigenvalue weighted by Crippen LogP contribution is 2.41. The number of Topliss-reactive ketones (excluding diaryl/α,β-unsaturated/α-hetero) is 1. The Morgan fingerprint density at radius 3 is 2.72 bits per heavy atom. The number of carbonyl (C=O) groups excluding carboxylic acids is 2. The molecular weight excluding hydrogens is 230 g/mol. The largest absolute Gasteiger partial charge is 0.331 e. The van der Waals surface area contributed by atoms with Crippen LogP contribution in [0, 0.1) is 6.92 Å². The SMILES string of the molecule is Cc1nnc(C2=CNC(=O)CC2=O)cc1C1CC1. The second-order valence-electron chi connectivity index (χ2n) is 4.77. The molecule has 1 amide bonds. The van der Waals surface area contributed by atoms with Gasteiger partial charge >= 0.3 is 0 Å². The molecule has 0 atom stereocenters. The lowest BCUT2D eigenvalue weighted by atomic mass is 10.0. The molecule has 18 heavy (non-hydrogen) atoms. The van der Waals surface area contributed by atoms with Crippen molar-refractivity contribution < 1.29 is 9.59 Å². The zero-order valence-electron chi connectivity index (χ0n) is 10.1. The van der Waals surface area contributed by atoms with Gasteiger partial charge in [0.05, 0.1) is 23.4 Å². The van der Waals surface area contributed by atoms with E-state index >= 15 is 0 Å². The van der Waals surface area contributed by atoms with Crippen LogP contribution in [-0.2, 0) is 9.59 Å². The molecular formula is C13H13N3O2. The standard InChI is InChI=1S/C13H13N3O2/c1-7-9(8-2-3-8)4-11(16-15-7)10-6-14-13(18)5-12(10)17/h4,6,8H,2-3,5H2,1H3,(H,14,18). The van der Waals surface area contributed by atoms with E-state index in [1.165, 1.54) is 24.6 Å². The van der Waals surface area contributed by atoms with Crippen LogP contribution in [0.1, 0.15) is 42.1 Å². The Morgan fingerprint density at radius 1 is 1.28 bits per heavy atom. The van der Waals surface area contributed by atoms with Crippen LogP contribution in [-0.4, -0.2) is 21.9 Å². The first-order valence-corrected chi connectivity index (χ1v) is 6.02. The van der Waals surface area contributed by atoms with Crippen LogP contribution in [0.5, 0.6) is 0 Å². The molecule has 1 N–H and O–H groups in total. The van der Waals surface area contributed by atoms with Gasteiger partial charge in [0.25, 0.3) is 0 Å². The minimum absolute atomic E-state index is 0.111. The summed E-state index contributed by atoms with van der Waals surface area (Å²) in [5.74, 6) is 0.0954. The minimum atomic E-state index is -0.272. The Morgan fingerprint density at radius 2 is 2.06 bits per heavy atom. The van der Waals surface area contributed by atoms with Crippen molar-refractivity contribution in [3.05, 3.63) is 29.2 Å². The number of nitrogens with zero attached hydrogens (tertiary/aromatic N) is 2. The Kier molecular flexibility index (Phi) is 2.47. The molecule has 0 radical (unpaired) electrons. The lowest BCUT2D eigenvalue weighted by Gasteiger charge is -2.12. The summed E-state index contributed by atoms with van der Waals surface area (Å²) in [6.07, 6.45) is 3.68. The van der Waals surface area contributed by atoms with Crippen molar-refractivity contribution >= 4 is 17.3 Å². The number of hydrogen-bond donors (Lipinski definition) is 1. The summed E-state index contributed by atoms with van der Waals surface area (Å²) >= 11 is 0. The first-order valence-electron chi connectivity index (χ1n) is 6.02. The minimum Gasteiger partial charge on any atom is -0.331 e. The molecule has 1 fully saturated rings. The van der Waals surface area contributed by atoms with Gasteiger partial charge in [0, 0.05) is 6.20 Å². The second-order valence-corrected chi connectivity index (χ2v) is 4.77. The van der Waals surface area contributed by atoms with Gasteiger partial charge in [-0.25, -0.2) is 0 Å². The predicted molar refractivity (Wildman–Crippen MR) is 64.5 cm³/mol. The Balaban J connectivity index is 1.99. The average Bonchev–Trinajstić information content (AvgIpc) is 3.14. The predicted octanol–water partition coefficient (Wildman–Crippen LogP) is 1.09. The molecule has 92 valence electrons. The van der Waals surface area contributed by atoms with E-state index in [0.717, 1.165) is 5.69 Å². The number of nitrogens with one attached hydrogen (secondary N) is 1. The zero-order chi connectivity index (χ0) is 12.7. The lowest BCUT2D eigenvalue weighted by Crippen LogP contribution is -2.27. The van der Waals surface area contributed by atoms with Crippen molar-refractivity contribution in [2.24, 2.45) is 0 Å². The maximum atomic E-state index is 11.8. The van der Waals surface area contributed by atoms with Crippen LogP contribution in [0.25, 0.3) is 5.57 Å². The van der Waals surface area contributed by atoms with Gasteiger partial charge in [0.15, 0.2) is 5.78 Å². The van der Waals surface area contributed by atoms with E-state index in [2.05, 4.69) is 15.5 Å². The highest BCUT2D eigenvalue weighted by Gasteiger charge is 2.28. The maximum Gasteiger partial charge on any atom is 0.231 e. The van der Waals surface area contributed by atoms with E-state index in [4.69, 9.17) is 0 Å². The molecule has 2 aliphatic rings. The van der Waals surface area contributed by atoms with Gasteiger partial charge in [-0.2, -0.15) is 10.2 Å². The number of carbonyl (C=O) groups is 2. The Bertz CT molecular complexity index is 574. The fraction of sp³-hybridized carbons (Fsp3) is 0.385. The number of ketones is 1. The molecule has 0 saturated heterocycles. The molecule has 0 unspecified atom stereocenters. The quantitative estimate of drug-likeness (QED) is 0.789. The zero-order valence-corrected chi connectivity index (χ0v) is 10.1. The molecule has 3 rings (SSSR count). The van der Waals surface area contributed by atoms with Crippen molar-refractivity contribution in [2.75, 3.05) is 0 Å². The van der Waals surface area contributed by atoms with Gasteiger partial charge in [-0.1, -0.05) is 0 Å². The van der Waals surface area contributed by atoms with Crippen molar-refractivity contribution in [3.63, 3.8) is 0 Å². The van der Waals surface area contributed by atoms with Gasteiger partial charge in [0.2, 0.25) is 5.91 Å². The summed E-state index contributed by atoms with van der Waals surface area (Å²) < 4.78 is 0. The van der Waals surface area contributed by atoms with Gasteiger partial charge in [-0.05, 0) is 37.3 Å². The second kappa shape index (κ2) is 4.01. The normalized spacial score (nSPS) is 19.5. The monoisotopic (exact) mass is 243 g/mol. The van der Waals surface area contributed by atoms with Crippen molar-refractivity contribution in [1.82, 2.24) is 15.5 Å². The number of aryl methyl sites for hydroxylation is 1. The van der Waals surface area contributed by atoms with E-state index in [1.807, 2.05) is 13.0 Å². The van der Waals surface area contributed by atoms with E-state index in [1.54, 1.807) is 0 Å². The fourth-order valence-electron chi connectivity index (χ4n) is 2.15. The third-order valence-electron chi connectivity index (χ3n) is 3.31. The van der Waals surface area contributed by atoms with Crippen molar-refractivity contribution in [2.45, 2.75) is 32.1 Å². The van der Waals surface area contributed by atoms with E-state index in [9.17, 15) is 9.59 Å². The van der Waals surface area contributed by atoms with Crippen LogP contribution in [0.4, 0.5) is 0 Å². The molecule has 2 heterocycles. The summed E-state index contributed by atoms with van der Waals surface area (Å²) in [5.41, 5.74) is 3.11. The van der Waals surface area contributed by atoms with E-state index < -0.39 is 0 Å². The summed E-state index contributed by atoms with van der Waals surface area (Å²) in [6.45, 7) is 1.93. The van der Waals surface area contributed by atoms with Crippen LogP contribution < -0.4 is 5.32 Å². The van der Waals surface area contributed by atoms with Gasteiger partial charge in [-0.3, -0.25) is 9.59 Å². The van der Waals surface area contributed by atoms with Gasteiger partial charge in [-0.15, -0.1) is 0 Å². The highest BCUT2D eigenvalue weighted by atomic mass is 16.2. The Hall–Kier alpha value is -2.04. The average molecular weight is 243 g/mol. The molecule has 0 aromatic carbocycles. The van der Waals surface area contributed by atoms with Crippen molar-refractivity contribution in [1.29, 1.82) is 0 Å². The first kappa shape index (κ1) is 11.1. The number of hydrogen-bond acceptors (Lipinski definition) is 4. The number of allylic oxidation sites excluding steroid dienone is 1. The molecule has 5 nitrogen and oxygen atoms in total. The topological polar surface area (TPSA) is 72.0 Å². The van der Waals surface area contributed by atoms with Crippen molar-refractivity contribution in [3.8, 4) is 0 Å². The molecule has 5 heteroatoms. The molecule has 1 aliphatic carbocycles. The lowest BCUT2D eigenvalue weighted by molar-refractivity contribution is -0.125. The number of aromatic nitrogens is 2. The summed E-state index contributed by atoms with van der Waals surface area (Å²) in [5, 5.41) is 10.7. The molecule has 0 spiro atoms. The van der Waals surface area contributed by atoms with E-state index in [-0.39, 0.29) is 18.1 Å². The molecule has 1 aromatic heterocycles. The highest BCUT2D eigenvalue weighted by molar-refractivity contribution is 6.27. The molecule has 1 aromatic rings. The number of amides is 1. The third kappa shape index (κ3) is 1.92. The van der Waals surface area contributed by atoms with Crippen LogP contribution >= 0.6 is 0 Å². The maximum absolute atomic E-state index is 11.8. The van der Waals surface area contributed by atoms with Crippen LogP contribution in [0.15, 0.2) is 12.3 Å².